The second-order valence-electron chi connectivity index (χ2n) is 6.50. The number of hydrogen-bond acceptors (Lipinski definition) is 1. The average molecular weight is 326 g/mol. The minimum Gasteiger partial charge on any atom is -0.345 e. The molecule has 0 saturated heterocycles. The van der Waals surface area contributed by atoms with Crippen molar-refractivity contribution in [1.29, 1.82) is 0 Å². The van der Waals surface area contributed by atoms with Crippen molar-refractivity contribution in [3.63, 3.8) is 0 Å². The zero-order valence-electron chi connectivity index (χ0n) is 15.2. The Morgan fingerprint density at radius 2 is 1.88 bits per heavy atom. The fourth-order valence-corrected chi connectivity index (χ4v) is 2.88. The summed E-state index contributed by atoms with van der Waals surface area (Å²) < 4.78 is 2.25. The molecule has 0 bridgehead atoms. The van der Waals surface area contributed by atoms with Crippen molar-refractivity contribution in [2.75, 3.05) is 0 Å². The van der Waals surface area contributed by atoms with Gasteiger partial charge in [0.15, 0.2) is 0 Å². The van der Waals surface area contributed by atoms with Crippen LogP contribution in [0.5, 0.6) is 0 Å². The van der Waals surface area contributed by atoms with Gasteiger partial charge >= 0.3 is 0 Å². The van der Waals surface area contributed by atoms with Crippen LogP contribution in [0.3, 0.4) is 0 Å². The van der Waals surface area contributed by atoms with Gasteiger partial charge in [-0.25, -0.2) is 0 Å². The van der Waals surface area contributed by atoms with Crippen LogP contribution in [0.4, 0.5) is 0 Å². The van der Waals surface area contributed by atoms with Crippen molar-refractivity contribution >= 4 is 5.91 Å². The third kappa shape index (κ3) is 4.98. The number of nitrogens with zero attached hydrogens (tertiary/aromatic N) is 2. The predicted octanol–water partition coefficient (Wildman–Crippen LogP) is 4.85. The Hall–Kier alpha value is -2.03. The summed E-state index contributed by atoms with van der Waals surface area (Å²) in [5, 5.41) is 0. The Balaban J connectivity index is 2.12. The van der Waals surface area contributed by atoms with Gasteiger partial charge in [-0.05, 0) is 37.5 Å². The van der Waals surface area contributed by atoms with Gasteiger partial charge in [0.25, 0.3) is 0 Å². The van der Waals surface area contributed by atoms with Crippen LogP contribution in [0.15, 0.2) is 48.7 Å². The standard InChI is InChI=1S/C21H30N2O/c1-4-6-14-21(24)23(18(3)5-2)17-20-13-10-15-22(20)16-19-11-8-7-9-12-19/h7-13,15,18H,4-6,14,16-17H2,1-3H3. The summed E-state index contributed by atoms with van der Waals surface area (Å²) in [5.74, 6) is 0.277. The van der Waals surface area contributed by atoms with E-state index in [1.54, 1.807) is 0 Å². The molecular weight excluding hydrogens is 296 g/mol. The molecule has 3 nitrogen and oxygen atoms in total. The lowest BCUT2D eigenvalue weighted by Gasteiger charge is -2.29. The Bertz CT molecular complexity index is 618. The highest BCUT2D eigenvalue weighted by atomic mass is 16.2. The SMILES string of the molecule is CCCCC(=O)N(Cc1cccn1Cc1ccccc1)C(C)CC. The smallest absolute Gasteiger partial charge is 0.223 e. The van der Waals surface area contributed by atoms with E-state index in [2.05, 4.69) is 67.9 Å². The van der Waals surface area contributed by atoms with Crippen LogP contribution in [0.1, 0.15) is 57.7 Å². The molecule has 1 heterocycles. The van der Waals surface area contributed by atoms with Crippen molar-refractivity contribution in [3.8, 4) is 0 Å². The highest BCUT2D eigenvalue weighted by Crippen LogP contribution is 2.16. The van der Waals surface area contributed by atoms with Crippen molar-refractivity contribution in [3.05, 3.63) is 59.9 Å². The van der Waals surface area contributed by atoms with Crippen molar-refractivity contribution in [1.82, 2.24) is 9.47 Å². The maximum atomic E-state index is 12.6. The molecule has 0 radical (unpaired) electrons. The van der Waals surface area contributed by atoms with E-state index >= 15 is 0 Å². The summed E-state index contributed by atoms with van der Waals surface area (Å²) in [5.41, 5.74) is 2.48. The van der Waals surface area contributed by atoms with Gasteiger partial charge in [-0.3, -0.25) is 4.79 Å². The van der Waals surface area contributed by atoms with E-state index in [1.165, 1.54) is 11.3 Å². The van der Waals surface area contributed by atoms with Crippen LogP contribution < -0.4 is 0 Å². The third-order valence-electron chi connectivity index (χ3n) is 4.64. The second kappa shape index (κ2) is 9.31. The number of rotatable bonds is 9. The summed E-state index contributed by atoms with van der Waals surface area (Å²) >= 11 is 0. The summed E-state index contributed by atoms with van der Waals surface area (Å²) in [6, 6.07) is 14.9. The largest absolute Gasteiger partial charge is 0.345 e. The topological polar surface area (TPSA) is 25.2 Å². The van der Waals surface area contributed by atoms with E-state index < -0.39 is 0 Å². The first-order valence-corrected chi connectivity index (χ1v) is 9.13. The lowest BCUT2D eigenvalue weighted by Crippen LogP contribution is -2.38. The lowest BCUT2D eigenvalue weighted by atomic mass is 10.1. The van der Waals surface area contributed by atoms with E-state index in [4.69, 9.17) is 0 Å². The van der Waals surface area contributed by atoms with Crippen LogP contribution >= 0.6 is 0 Å². The number of amides is 1. The first-order valence-electron chi connectivity index (χ1n) is 9.13. The van der Waals surface area contributed by atoms with Gasteiger partial charge in [-0.1, -0.05) is 50.6 Å². The van der Waals surface area contributed by atoms with E-state index in [9.17, 15) is 4.79 Å². The van der Waals surface area contributed by atoms with Gasteiger partial charge in [0, 0.05) is 30.9 Å². The van der Waals surface area contributed by atoms with Crippen LogP contribution in [0, 0.1) is 0 Å². The molecule has 24 heavy (non-hydrogen) atoms. The van der Waals surface area contributed by atoms with E-state index in [0.717, 1.165) is 25.8 Å². The minimum atomic E-state index is 0.273. The minimum absolute atomic E-state index is 0.273. The number of carbonyl (C=O) groups is 1. The summed E-state index contributed by atoms with van der Waals surface area (Å²) in [6.45, 7) is 7.96. The normalized spacial score (nSPS) is 12.1. The zero-order valence-corrected chi connectivity index (χ0v) is 15.2. The second-order valence-corrected chi connectivity index (χ2v) is 6.50. The Morgan fingerprint density at radius 3 is 2.54 bits per heavy atom. The van der Waals surface area contributed by atoms with Crippen LogP contribution in [0.2, 0.25) is 0 Å². The maximum absolute atomic E-state index is 12.6. The zero-order chi connectivity index (χ0) is 17.4. The summed E-state index contributed by atoms with van der Waals surface area (Å²) in [4.78, 5) is 14.7. The molecule has 0 aliphatic carbocycles. The first-order chi connectivity index (χ1) is 11.7. The molecule has 2 aromatic rings. The summed E-state index contributed by atoms with van der Waals surface area (Å²) in [6.07, 6.45) is 5.77. The molecule has 0 spiro atoms. The number of hydrogen-bond donors (Lipinski definition) is 0. The van der Waals surface area contributed by atoms with E-state index in [0.29, 0.717) is 13.0 Å². The molecule has 1 aromatic carbocycles. The number of carbonyl (C=O) groups excluding carboxylic acids is 1. The molecule has 0 saturated carbocycles. The monoisotopic (exact) mass is 326 g/mol. The van der Waals surface area contributed by atoms with Crippen molar-refractivity contribution < 1.29 is 4.79 Å². The quantitative estimate of drug-likeness (QED) is 0.646. The highest BCUT2D eigenvalue weighted by molar-refractivity contribution is 5.76. The van der Waals surface area contributed by atoms with Crippen LogP contribution in [-0.2, 0) is 17.9 Å². The van der Waals surface area contributed by atoms with Gasteiger partial charge < -0.3 is 9.47 Å². The molecule has 1 atom stereocenters. The first kappa shape index (κ1) is 18.3. The van der Waals surface area contributed by atoms with Gasteiger partial charge in [-0.15, -0.1) is 0 Å². The number of benzene rings is 1. The molecule has 130 valence electrons. The molecule has 0 aliphatic heterocycles. The molecule has 0 aliphatic rings. The van der Waals surface area contributed by atoms with E-state index in [-0.39, 0.29) is 11.9 Å². The van der Waals surface area contributed by atoms with Gasteiger partial charge in [-0.2, -0.15) is 0 Å². The van der Waals surface area contributed by atoms with Gasteiger partial charge in [0.1, 0.15) is 0 Å². The van der Waals surface area contributed by atoms with Crippen LogP contribution in [-0.4, -0.2) is 21.4 Å². The molecule has 1 amide bonds. The maximum Gasteiger partial charge on any atom is 0.223 e. The molecule has 1 aromatic heterocycles. The average Bonchev–Trinajstić information content (AvgIpc) is 3.04. The van der Waals surface area contributed by atoms with E-state index in [1.807, 2.05) is 11.0 Å². The molecule has 2 rings (SSSR count). The molecule has 0 fully saturated rings. The predicted molar refractivity (Wildman–Crippen MR) is 99.8 cm³/mol. The van der Waals surface area contributed by atoms with Gasteiger partial charge in [0.2, 0.25) is 5.91 Å². The molecule has 3 heteroatoms. The molecule has 0 N–H and O–H groups in total. The van der Waals surface area contributed by atoms with Crippen molar-refractivity contribution in [2.24, 2.45) is 0 Å². The lowest BCUT2D eigenvalue weighted by molar-refractivity contribution is -0.134. The Kier molecular flexibility index (Phi) is 7.10. The molecular formula is C21H30N2O. The number of aromatic nitrogens is 1. The fourth-order valence-electron chi connectivity index (χ4n) is 2.88. The number of unbranched alkanes of at least 4 members (excludes halogenated alkanes) is 1. The Labute approximate surface area is 146 Å². The Morgan fingerprint density at radius 1 is 1.12 bits per heavy atom. The fraction of sp³-hybridized carbons (Fsp3) is 0.476. The van der Waals surface area contributed by atoms with Crippen LogP contribution in [0.25, 0.3) is 0 Å². The molecule has 1 unspecified atom stereocenters. The third-order valence-corrected chi connectivity index (χ3v) is 4.64. The van der Waals surface area contributed by atoms with Crippen molar-refractivity contribution in [2.45, 2.75) is 65.6 Å². The summed E-state index contributed by atoms with van der Waals surface area (Å²) in [7, 11) is 0. The van der Waals surface area contributed by atoms with Gasteiger partial charge in [0.05, 0.1) is 6.54 Å². The highest BCUT2D eigenvalue weighted by Gasteiger charge is 2.19.